The summed E-state index contributed by atoms with van der Waals surface area (Å²) in [7, 11) is 0. The zero-order chi connectivity index (χ0) is 15.1. The van der Waals surface area contributed by atoms with E-state index in [1.807, 2.05) is 6.07 Å². The van der Waals surface area contributed by atoms with Crippen LogP contribution in [-0.2, 0) is 6.42 Å². The molecule has 2 aromatic carbocycles. The molecule has 0 amide bonds. The fourth-order valence-electron chi connectivity index (χ4n) is 2.23. The minimum Gasteiger partial charge on any atom is -0.271 e. The Morgan fingerprint density at radius 3 is 2.71 bits per heavy atom. The van der Waals surface area contributed by atoms with Gasteiger partial charge in [-0.1, -0.05) is 43.7 Å². The molecule has 0 aromatic heterocycles. The Balaban J connectivity index is 2.04. The molecule has 0 heterocycles. The molecule has 0 spiro atoms. The second-order valence-electron chi connectivity index (χ2n) is 4.98. The van der Waals surface area contributed by atoms with E-state index in [4.69, 9.17) is 5.84 Å². The quantitative estimate of drug-likeness (QED) is 0.460. The minimum absolute atomic E-state index is 0.0510. The molecule has 1 unspecified atom stereocenters. The predicted molar refractivity (Wildman–Crippen MR) is 87.6 cm³/mol. The summed E-state index contributed by atoms with van der Waals surface area (Å²) in [4.78, 5) is 0.917. The van der Waals surface area contributed by atoms with Crippen LogP contribution in [0.25, 0.3) is 0 Å². The number of thioether (sulfide) groups is 1. The number of nitrogens with one attached hydrogen (secondary N) is 1. The van der Waals surface area contributed by atoms with Crippen molar-refractivity contribution in [3.05, 3.63) is 65.5 Å². The number of benzene rings is 2. The number of rotatable bonds is 7. The summed E-state index contributed by atoms with van der Waals surface area (Å²) in [6.45, 7) is 2.17. The molecule has 112 valence electrons. The van der Waals surface area contributed by atoms with Crippen molar-refractivity contribution in [1.29, 1.82) is 0 Å². The van der Waals surface area contributed by atoms with Crippen LogP contribution < -0.4 is 11.3 Å². The first-order chi connectivity index (χ1) is 10.2. The van der Waals surface area contributed by atoms with Crippen LogP contribution in [0.5, 0.6) is 0 Å². The van der Waals surface area contributed by atoms with E-state index in [1.54, 1.807) is 23.9 Å². The van der Waals surface area contributed by atoms with Crippen LogP contribution in [0.3, 0.4) is 0 Å². The first-order valence-corrected chi connectivity index (χ1v) is 8.15. The number of aryl methyl sites for hydroxylation is 1. The van der Waals surface area contributed by atoms with Crippen LogP contribution in [0, 0.1) is 5.82 Å². The van der Waals surface area contributed by atoms with E-state index >= 15 is 0 Å². The van der Waals surface area contributed by atoms with Gasteiger partial charge in [-0.2, -0.15) is 0 Å². The number of halogens is 1. The lowest BCUT2D eigenvalue weighted by Gasteiger charge is -2.17. The molecular formula is C17H21FN2S. The summed E-state index contributed by atoms with van der Waals surface area (Å²) < 4.78 is 13.2. The van der Waals surface area contributed by atoms with Crippen molar-refractivity contribution in [3.8, 4) is 0 Å². The van der Waals surface area contributed by atoms with Crippen LogP contribution in [0.2, 0.25) is 0 Å². The first kappa shape index (κ1) is 16.0. The second kappa shape index (κ2) is 8.17. The Hall–Kier alpha value is -1.36. The van der Waals surface area contributed by atoms with E-state index in [9.17, 15) is 4.39 Å². The molecule has 0 aliphatic rings. The van der Waals surface area contributed by atoms with Crippen LogP contribution in [-0.4, -0.2) is 5.75 Å². The fourth-order valence-corrected chi connectivity index (χ4v) is 3.25. The SMILES string of the molecule is CCCc1cccc(C(CSc2cccc(F)c2)NN)c1. The highest BCUT2D eigenvalue weighted by Gasteiger charge is 2.11. The molecule has 2 rings (SSSR count). The Bertz CT molecular complexity index is 574. The van der Waals surface area contributed by atoms with Crippen LogP contribution in [0.15, 0.2) is 53.4 Å². The molecule has 1 atom stereocenters. The van der Waals surface area contributed by atoms with E-state index in [-0.39, 0.29) is 11.9 Å². The van der Waals surface area contributed by atoms with Crippen molar-refractivity contribution in [2.24, 2.45) is 5.84 Å². The van der Waals surface area contributed by atoms with Crippen molar-refractivity contribution < 1.29 is 4.39 Å². The van der Waals surface area contributed by atoms with Crippen LogP contribution in [0.1, 0.15) is 30.5 Å². The van der Waals surface area contributed by atoms with Crippen molar-refractivity contribution in [3.63, 3.8) is 0 Å². The maximum Gasteiger partial charge on any atom is 0.124 e. The van der Waals surface area contributed by atoms with E-state index in [0.29, 0.717) is 0 Å². The third kappa shape index (κ3) is 4.84. The maximum absolute atomic E-state index is 13.2. The van der Waals surface area contributed by atoms with Gasteiger partial charge in [0.1, 0.15) is 5.82 Å². The average molecular weight is 304 g/mol. The molecule has 3 N–H and O–H groups in total. The Morgan fingerprint density at radius 2 is 2.00 bits per heavy atom. The molecule has 2 nitrogen and oxygen atoms in total. The number of hydrogen-bond donors (Lipinski definition) is 2. The first-order valence-electron chi connectivity index (χ1n) is 7.16. The Kier molecular flexibility index (Phi) is 6.23. The van der Waals surface area contributed by atoms with Gasteiger partial charge in [0.15, 0.2) is 0 Å². The van der Waals surface area contributed by atoms with Crippen molar-refractivity contribution in [1.82, 2.24) is 5.43 Å². The lowest BCUT2D eigenvalue weighted by Crippen LogP contribution is -2.29. The number of hydrazine groups is 1. The van der Waals surface area contributed by atoms with Gasteiger partial charge in [-0.25, -0.2) is 4.39 Å². The average Bonchev–Trinajstić information content (AvgIpc) is 2.49. The van der Waals surface area contributed by atoms with Gasteiger partial charge in [0.05, 0.1) is 6.04 Å². The van der Waals surface area contributed by atoms with Crippen LogP contribution >= 0.6 is 11.8 Å². The predicted octanol–water partition coefficient (Wildman–Crippen LogP) is 4.07. The van der Waals surface area contributed by atoms with Gasteiger partial charge in [0.2, 0.25) is 0 Å². The summed E-state index contributed by atoms with van der Waals surface area (Å²) in [5.74, 6) is 6.24. The van der Waals surface area contributed by atoms with Gasteiger partial charge >= 0.3 is 0 Å². The summed E-state index contributed by atoms with van der Waals surface area (Å²) in [5.41, 5.74) is 5.36. The molecule has 2 aromatic rings. The molecule has 0 saturated heterocycles. The molecule has 0 fully saturated rings. The lowest BCUT2D eigenvalue weighted by molar-refractivity contribution is 0.609. The largest absolute Gasteiger partial charge is 0.271 e. The molecule has 4 heteroatoms. The molecule has 0 radical (unpaired) electrons. The minimum atomic E-state index is -0.206. The topological polar surface area (TPSA) is 38.0 Å². The molecule has 0 aliphatic heterocycles. The smallest absolute Gasteiger partial charge is 0.124 e. The third-order valence-corrected chi connectivity index (χ3v) is 4.39. The molecule has 0 bridgehead atoms. The highest BCUT2D eigenvalue weighted by atomic mass is 32.2. The monoisotopic (exact) mass is 304 g/mol. The standard InChI is InChI=1S/C17H21FN2S/c1-2-5-13-6-3-7-14(10-13)17(20-19)12-21-16-9-4-8-15(18)11-16/h3-4,6-11,17,20H,2,5,12,19H2,1H3. The Labute approximate surface area is 129 Å². The van der Waals surface area contributed by atoms with Gasteiger partial charge in [-0.15, -0.1) is 11.8 Å². The summed E-state index contributed by atoms with van der Waals surface area (Å²) >= 11 is 1.60. The molecule has 0 saturated carbocycles. The fraction of sp³-hybridized carbons (Fsp3) is 0.294. The van der Waals surface area contributed by atoms with Gasteiger partial charge in [-0.3, -0.25) is 11.3 Å². The van der Waals surface area contributed by atoms with E-state index in [0.717, 1.165) is 23.5 Å². The third-order valence-electron chi connectivity index (χ3n) is 3.31. The van der Waals surface area contributed by atoms with Gasteiger partial charge in [-0.05, 0) is 35.7 Å². The zero-order valence-corrected chi connectivity index (χ0v) is 13.0. The van der Waals surface area contributed by atoms with Crippen molar-refractivity contribution in [2.45, 2.75) is 30.7 Å². The van der Waals surface area contributed by atoms with E-state index in [2.05, 4.69) is 36.6 Å². The van der Waals surface area contributed by atoms with Gasteiger partial charge in [0, 0.05) is 10.6 Å². The van der Waals surface area contributed by atoms with Crippen molar-refractivity contribution >= 4 is 11.8 Å². The van der Waals surface area contributed by atoms with Crippen molar-refractivity contribution in [2.75, 3.05) is 5.75 Å². The Morgan fingerprint density at radius 1 is 1.19 bits per heavy atom. The number of hydrogen-bond acceptors (Lipinski definition) is 3. The van der Waals surface area contributed by atoms with Crippen LogP contribution in [0.4, 0.5) is 4.39 Å². The highest BCUT2D eigenvalue weighted by molar-refractivity contribution is 7.99. The maximum atomic E-state index is 13.2. The summed E-state index contributed by atoms with van der Waals surface area (Å²) in [5, 5.41) is 0. The van der Waals surface area contributed by atoms with E-state index < -0.39 is 0 Å². The molecule has 0 aliphatic carbocycles. The normalized spacial score (nSPS) is 12.3. The van der Waals surface area contributed by atoms with Gasteiger partial charge in [0.25, 0.3) is 0 Å². The highest BCUT2D eigenvalue weighted by Crippen LogP contribution is 2.25. The zero-order valence-electron chi connectivity index (χ0n) is 12.2. The number of nitrogens with two attached hydrogens (primary N) is 1. The molecule has 21 heavy (non-hydrogen) atoms. The summed E-state index contributed by atoms with van der Waals surface area (Å²) in [6.07, 6.45) is 2.20. The van der Waals surface area contributed by atoms with Gasteiger partial charge < -0.3 is 0 Å². The van der Waals surface area contributed by atoms with E-state index in [1.165, 1.54) is 17.2 Å². The molecular weight excluding hydrogens is 283 g/mol. The summed E-state index contributed by atoms with van der Waals surface area (Å²) in [6, 6.07) is 15.2. The second-order valence-corrected chi connectivity index (χ2v) is 6.08. The lowest BCUT2D eigenvalue weighted by atomic mass is 10.0.